The Morgan fingerprint density at radius 2 is 1.80 bits per heavy atom. The van der Waals surface area contributed by atoms with Gasteiger partial charge in [-0.2, -0.15) is 0 Å². The van der Waals surface area contributed by atoms with Crippen LogP contribution >= 0.6 is 0 Å². The van der Waals surface area contributed by atoms with Crippen molar-refractivity contribution >= 4 is 22.9 Å². The number of carbonyl (C=O) groups excluding carboxylic acids is 1. The average Bonchev–Trinajstić information content (AvgIpc) is 2.52. The number of nitro benzene ring substituents is 1. The lowest BCUT2D eigenvalue weighted by Gasteiger charge is -2.28. The van der Waals surface area contributed by atoms with Gasteiger partial charge in [0, 0.05) is 25.2 Å². The second-order valence-corrected chi connectivity index (χ2v) is 7.00. The molecule has 25 heavy (non-hydrogen) atoms. The zero-order valence-corrected chi connectivity index (χ0v) is 15.9. The molecule has 0 N–H and O–H groups in total. The maximum atomic E-state index is 11.6. The standard InChI is InChI=1S/C19H28N2O4/c1-13(2)11-20(12-14(3)4)17-8-7-16(10-18(17)21(23)24)15(5)9-19(22)25-6/h7-10,13-14H,11-12H2,1-6H3/b15-9-. The zero-order chi connectivity index (χ0) is 19.1. The molecule has 0 amide bonds. The maximum absolute atomic E-state index is 11.6. The SMILES string of the molecule is COC(=O)/C=C(/C)c1ccc(N(CC(C)C)CC(C)C)c([N+](=O)[O-])c1. The molecule has 0 saturated heterocycles. The Kier molecular flexibility index (Phi) is 7.61. The molecule has 1 aromatic rings. The number of anilines is 1. The molecule has 138 valence electrons. The normalized spacial score (nSPS) is 11.8. The Hall–Kier alpha value is -2.37. The molecule has 0 saturated carbocycles. The number of hydrogen-bond donors (Lipinski definition) is 0. The first-order valence-electron chi connectivity index (χ1n) is 8.45. The van der Waals surface area contributed by atoms with Crippen molar-refractivity contribution in [3.63, 3.8) is 0 Å². The third kappa shape index (κ3) is 6.21. The number of carbonyl (C=O) groups is 1. The average molecular weight is 348 g/mol. The van der Waals surface area contributed by atoms with E-state index >= 15 is 0 Å². The Morgan fingerprint density at radius 1 is 1.24 bits per heavy atom. The number of rotatable bonds is 8. The van der Waals surface area contributed by atoms with Crippen molar-refractivity contribution in [1.82, 2.24) is 0 Å². The molecule has 0 aliphatic heterocycles. The number of benzene rings is 1. The number of esters is 1. The van der Waals surface area contributed by atoms with Gasteiger partial charge in [0.1, 0.15) is 5.69 Å². The van der Waals surface area contributed by atoms with E-state index in [9.17, 15) is 14.9 Å². The number of ether oxygens (including phenoxy) is 1. The van der Waals surface area contributed by atoms with E-state index in [0.717, 1.165) is 13.1 Å². The predicted octanol–water partition coefficient (Wildman–Crippen LogP) is 4.29. The summed E-state index contributed by atoms with van der Waals surface area (Å²) in [6, 6.07) is 5.11. The van der Waals surface area contributed by atoms with E-state index in [1.165, 1.54) is 19.3 Å². The number of allylic oxidation sites excluding steroid dienone is 1. The second kappa shape index (κ2) is 9.20. The molecule has 0 aliphatic carbocycles. The molecule has 6 nitrogen and oxygen atoms in total. The van der Waals surface area contributed by atoms with E-state index in [2.05, 4.69) is 37.3 Å². The zero-order valence-electron chi connectivity index (χ0n) is 15.9. The van der Waals surface area contributed by atoms with E-state index in [1.54, 1.807) is 13.0 Å². The monoisotopic (exact) mass is 348 g/mol. The van der Waals surface area contributed by atoms with E-state index in [0.29, 0.717) is 28.7 Å². The van der Waals surface area contributed by atoms with Crippen molar-refractivity contribution in [3.05, 3.63) is 40.0 Å². The van der Waals surface area contributed by atoms with Crippen LogP contribution in [0.5, 0.6) is 0 Å². The summed E-state index contributed by atoms with van der Waals surface area (Å²) in [5.74, 6) is 0.295. The largest absolute Gasteiger partial charge is 0.466 e. The molecule has 1 rings (SSSR count). The van der Waals surface area contributed by atoms with E-state index < -0.39 is 5.97 Å². The maximum Gasteiger partial charge on any atom is 0.330 e. The summed E-state index contributed by atoms with van der Waals surface area (Å²) >= 11 is 0. The van der Waals surface area contributed by atoms with Crippen LogP contribution in [-0.2, 0) is 9.53 Å². The Morgan fingerprint density at radius 3 is 2.24 bits per heavy atom. The molecule has 0 fully saturated rings. The highest BCUT2D eigenvalue weighted by Gasteiger charge is 2.22. The van der Waals surface area contributed by atoms with Gasteiger partial charge in [0.05, 0.1) is 12.0 Å². The summed E-state index contributed by atoms with van der Waals surface area (Å²) < 4.78 is 4.61. The fraction of sp³-hybridized carbons (Fsp3) is 0.526. The van der Waals surface area contributed by atoms with Crippen molar-refractivity contribution < 1.29 is 14.5 Å². The highest BCUT2D eigenvalue weighted by Crippen LogP contribution is 2.32. The van der Waals surface area contributed by atoms with Crippen LogP contribution in [0.2, 0.25) is 0 Å². The highest BCUT2D eigenvalue weighted by molar-refractivity contribution is 5.91. The lowest BCUT2D eigenvalue weighted by molar-refractivity contribution is -0.384. The van der Waals surface area contributed by atoms with E-state index in [1.807, 2.05) is 6.07 Å². The fourth-order valence-electron chi connectivity index (χ4n) is 2.65. The first-order chi connectivity index (χ1) is 11.6. The van der Waals surface area contributed by atoms with Gasteiger partial charge < -0.3 is 9.64 Å². The van der Waals surface area contributed by atoms with Crippen LogP contribution in [0, 0.1) is 22.0 Å². The van der Waals surface area contributed by atoms with Crippen LogP contribution in [0.4, 0.5) is 11.4 Å². The van der Waals surface area contributed by atoms with Gasteiger partial charge in [-0.25, -0.2) is 4.79 Å². The van der Waals surface area contributed by atoms with Crippen LogP contribution in [0.3, 0.4) is 0 Å². The second-order valence-electron chi connectivity index (χ2n) is 7.00. The molecule has 0 atom stereocenters. The molecule has 0 aromatic heterocycles. The molecule has 0 radical (unpaired) electrons. The summed E-state index contributed by atoms with van der Waals surface area (Å²) in [5, 5.41) is 11.6. The quantitative estimate of drug-likeness (QED) is 0.303. The van der Waals surface area contributed by atoms with Gasteiger partial charge in [0.15, 0.2) is 0 Å². The first-order valence-corrected chi connectivity index (χ1v) is 8.45. The number of methoxy groups -OCH3 is 1. The number of hydrogen-bond acceptors (Lipinski definition) is 5. The lowest BCUT2D eigenvalue weighted by atomic mass is 10.0. The predicted molar refractivity (Wildman–Crippen MR) is 101 cm³/mol. The first kappa shape index (κ1) is 20.7. The summed E-state index contributed by atoms with van der Waals surface area (Å²) in [6.45, 7) is 11.6. The van der Waals surface area contributed by atoms with Crippen molar-refractivity contribution in [3.8, 4) is 0 Å². The van der Waals surface area contributed by atoms with Gasteiger partial charge in [-0.15, -0.1) is 0 Å². The molecule has 0 bridgehead atoms. The van der Waals surface area contributed by atoms with Crippen LogP contribution in [0.1, 0.15) is 40.2 Å². The highest BCUT2D eigenvalue weighted by atomic mass is 16.6. The fourth-order valence-corrected chi connectivity index (χ4v) is 2.65. The molecule has 6 heteroatoms. The molecular formula is C19H28N2O4. The van der Waals surface area contributed by atoms with Gasteiger partial charge in [0.2, 0.25) is 0 Å². The summed E-state index contributed by atoms with van der Waals surface area (Å²) in [5.41, 5.74) is 1.93. The molecule has 0 heterocycles. The third-order valence-electron chi connectivity index (χ3n) is 3.67. The van der Waals surface area contributed by atoms with Gasteiger partial charge in [0.25, 0.3) is 5.69 Å². The Bertz CT molecular complexity index is 641. The topological polar surface area (TPSA) is 72.7 Å². The molecule has 1 aromatic carbocycles. The molecular weight excluding hydrogens is 320 g/mol. The Balaban J connectivity index is 3.34. The van der Waals surface area contributed by atoms with Gasteiger partial charge in [-0.1, -0.05) is 33.8 Å². The van der Waals surface area contributed by atoms with Crippen molar-refractivity contribution in [2.24, 2.45) is 11.8 Å². The van der Waals surface area contributed by atoms with Crippen molar-refractivity contribution in [2.75, 3.05) is 25.1 Å². The van der Waals surface area contributed by atoms with E-state index in [-0.39, 0.29) is 10.6 Å². The van der Waals surface area contributed by atoms with Gasteiger partial charge in [-0.3, -0.25) is 10.1 Å². The van der Waals surface area contributed by atoms with Crippen LogP contribution in [0.15, 0.2) is 24.3 Å². The van der Waals surface area contributed by atoms with Crippen molar-refractivity contribution in [1.29, 1.82) is 0 Å². The minimum atomic E-state index is -0.481. The van der Waals surface area contributed by atoms with E-state index in [4.69, 9.17) is 0 Å². The van der Waals surface area contributed by atoms with Crippen LogP contribution in [-0.4, -0.2) is 31.1 Å². The minimum Gasteiger partial charge on any atom is -0.466 e. The third-order valence-corrected chi connectivity index (χ3v) is 3.67. The molecule has 0 unspecified atom stereocenters. The smallest absolute Gasteiger partial charge is 0.330 e. The molecule has 0 aliphatic rings. The van der Waals surface area contributed by atoms with Crippen molar-refractivity contribution in [2.45, 2.75) is 34.6 Å². The number of nitrogens with zero attached hydrogens (tertiary/aromatic N) is 2. The lowest BCUT2D eigenvalue weighted by Crippen LogP contribution is -2.31. The van der Waals surface area contributed by atoms with Gasteiger partial charge in [-0.05, 0) is 36.0 Å². The summed E-state index contributed by atoms with van der Waals surface area (Å²) in [6.07, 6.45) is 1.33. The number of nitro groups is 1. The molecule has 0 spiro atoms. The van der Waals surface area contributed by atoms with Crippen LogP contribution in [0.25, 0.3) is 5.57 Å². The van der Waals surface area contributed by atoms with Crippen LogP contribution < -0.4 is 4.90 Å². The van der Waals surface area contributed by atoms with Gasteiger partial charge >= 0.3 is 5.97 Å². The minimum absolute atomic E-state index is 0.0522. The summed E-state index contributed by atoms with van der Waals surface area (Å²) in [4.78, 5) is 24.7. The summed E-state index contributed by atoms with van der Waals surface area (Å²) in [7, 11) is 1.30. The Labute approximate surface area is 149 Å².